The standard InChI is InChI=1S/C20H18FNO4/c1-26-12-11-22-17(13-5-3-2-4-6-13)16(19(24)20(22)25)18(23)14-7-9-15(21)10-8-14/h2-10,17,23H,11-12H2,1H3/b18-16-. The molecule has 1 heterocycles. The van der Waals surface area contributed by atoms with Crippen LogP contribution in [0, 0.1) is 5.82 Å². The van der Waals surface area contributed by atoms with Crippen molar-refractivity contribution in [3.05, 3.63) is 77.1 Å². The molecule has 1 saturated heterocycles. The second-order valence-corrected chi connectivity index (χ2v) is 5.90. The Kier molecular flexibility index (Phi) is 5.14. The molecule has 1 N–H and O–H groups in total. The maximum absolute atomic E-state index is 13.2. The number of ether oxygens (including phenoxy) is 1. The van der Waals surface area contributed by atoms with Crippen molar-refractivity contribution in [3.8, 4) is 0 Å². The Morgan fingerprint density at radius 3 is 2.38 bits per heavy atom. The predicted molar refractivity (Wildman–Crippen MR) is 93.7 cm³/mol. The lowest BCUT2D eigenvalue weighted by Gasteiger charge is -2.25. The smallest absolute Gasteiger partial charge is 0.295 e. The van der Waals surface area contributed by atoms with Gasteiger partial charge in [-0.25, -0.2) is 4.39 Å². The number of hydrogen-bond acceptors (Lipinski definition) is 4. The van der Waals surface area contributed by atoms with Gasteiger partial charge in [0.05, 0.1) is 18.2 Å². The van der Waals surface area contributed by atoms with Crippen LogP contribution in [0.4, 0.5) is 4.39 Å². The molecule has 1 aliphatic rings. The van der Waals surface area contributed by atoms with E-state index in [9.17, 15) is 19.1 Å². The Hall–Kier alpha value is -2.99. The molecule has 0 saturated carbocycles. The van der Waals surface area contributed by atoms with Gasteiger partial charge in [-0.1, -0.05) is 30.3 Å². The molecule has 0 aliphatic carbocycles. The third kappa shape index (κ3) is 3.23. The summed E-state index contributed by atoms with van der Waals surface area (Å²) in [7, 11) is 1.51. The normalized spacial score (nSPS) is 19.2. The van der Waals surface area contributed by atoms with Gasteiger partial charge in [0.2, 0.25) is 0 Å². The van der Waals surface area contributed by atoms with E-state index in [-0.39, 0.29) is 30.0 Å². The van der Waals surface area contributed by atoms with Gasteiger partial charge < -0.3 is 14.7 Å². The van der Waals surface area contributed by atoms with Crippen LogP contribution in [-0.2, 0) is 14.3 Å². The number of methoxy groups -OCH3 is 1. The lowest BCUT2D eigenvalue weighted by atomic mass is 9.95. The fraction of sp³-hybridized carbons (Fsp3) is 0.200. The quantitative estimate of drug-likeness (QED) is 0.509. The molecule has 26 heavy (non-hydrogen) atoms. The van der Waals surface area contributed by atoms with Crippen molar-refractivity contribution >= 4 is 17.4 Å². The van der Waals surface area contributed by atoms with E-state index in [2.05, 4.69) is 0 Å². The summed E-state index contributed by atoms with van der Waals surface area (Å²) in [4.78, 5) is 26.5. The molecule has 1 aliphatic heterocycles. The van der Waals surface area contributed by atoms with E-state index in [1.165, 1.54) is 36.3 Å². The largest absolute Gasteiger partial charge is 0.507 e. The molecule has 134 valence electrons. The summed E-state index contributed by atoms with van der Waals surface area (Å²) >= 11 is 0. The van der Waals surface area contributed by atoms with E-state index in [1.807, 2.05) is 6.07 Å². The molecule has 2 aromatic rings. The summed E-state index contributed by atoms with van der Waals surface area (Å²) in [6, 6.07) is 13.4. The molecule has 1 atom stereocenters. The Labute approximate surface area is 150 Å². The van der Waals surface area contributed by atoms with Crippen molar-refractivity contribution in [2.75, 3.05) is 20.3 Å². The molecular weight excluding hydrogens is 337 g/mol. The third-order valence-corrected chi connectivity index (χ3v) is 4.31. The van der Waals surface area contributed by atoms with E-state index in [0.29, 0.717) is 5.56 Å². The first-order chi connectivity index (χ1) is 12.5. The van der Waals surface area contributed by atoms with Crippen LogP contribution in [0.15, 0.2) is 60.2 Å². The number of carbonyl (C=O) groups excluding carboxylic acids is 2. The Morgan fingerprint density at radius 1 is 1.12 bits per heavy atom. The SMILES string of the molecule is COCCN1C(=O)C(=O)/C(=C(\O)c2ccc(F)cc2)C1c1ccccc1. The van der Waals surface area contributed by atoms with Crippen LogP contribution in [0.2, 0.25) is 0 Å². The average molecular weight is 355 g/mol. The van der Waals surface area contributed by atoms with Crippen LogP contribution < -0.4 is 0 Å². The van der Waals surface area contributed by atoms with Gasteiger partial charge in [0.25, 0.3) is 11.7 Å². The number of nitrogens with zero attached hydrogens (tertiary/aromatic N) is 1. The van der Waals surface area contributed by atoms with Gasteiger partial charge in [0.1, 0.15) is 11.6 Å². The van der Waals surface area contributed by atoms with Crippen LogP contribution in [0.3, 0.4) is 0 Å². The van der Waals surface area contributed by atoms with Crippen molar-refractivity contribution in [2.45, 2.75) is 6.04 Å². The fourth-order valence-electron chi connectivity index (χ4n) is 3.05. The maximum Gasteiger partial charge on any atom is 0.295 e. The second kappa shape index (κ2) is 7.49. The molecule has 0 spiro atoms. The fourth-order valence-corrected chi connectivity index (χ4v) is 3.05. The molecule has 1 fully saturated rings. The zero-order chi connectivity index (χ0) is 18.7. The van der Waals surface area contributed by atoms with Crippen molar-refractivity contribution in [3.63, 3.8) is 0 Å². The van der Waals surface area contributed by atoms with Gasteiger partial charge in [0.15, 0.2) is 0 Å². The van der Waals surface area contributed by atoms with E-state index >= 15 is 0 Å². The van der Waals surface area contributed by atoms with Crippen molar-refractivity contribution in [1.29, 1.82) is 0 Å². The number of halogens is 1. The molecule has 1 unspecified atom stereocenters. The number of benzene rings is 2. The molecule has 0 radical (unpaired) electrons. The highest BCUT2D eigenvalue weighted by molar-refractivity contribution is 6.46. The van der Waals surface area contributed by atoms with Gasteiger partial charge in [-0.05, 0) is 29.8 Å². The van der Waals surface area contributed by atoms with E-state index in [4.69, 9.17) is 4.74 Å². The summed E-state index contributed by atoms with van der Waals surface area (Å²) < 4.78 is 18.2. The number of hydrogen-bond donors (Lipinski definition) is 1. The first kappa shape index (κ1) is 17.8. The summed E-state index contributed by atoms with van der Waals surface area (Å²) in [5.41, 5.74) is 0.965. The summed E-state index contributed by atoms with van der Waals surface area (Å²) in [5, 5.41) is 10.7. The van der Waals surface area contributed by atoms with E-state index < -0.39 is 23.5 Å². The summed E-state index contributed by atoms with van der Waals surface area (Å²) in [6.45, 7) is 0.466. The minimum atomic E-state index is -0.767. The van der Waals surface area contributed by atoms with Crippen LogP contribution >= 0.6 is 0 Å². The Morgan fingerprint density at radius 2 is 1.77 bits per heavy atom. The lowest BCUT2D eigenvalue weighted by molar-refractivity contribution is -0.140. The first-order valence-corrected chi connectivity index (χ1v) is 8.13. The third-order valence-electron chi connectivity index (χ3n) is 4.31. The van der Waals surface area contributed by atoms with Crippen LogP contribution in [0.5, 0.6) is 0 Å². The van der Waals surface area contributed by atoms with Gasteiger partial charge in [0, 0.05) is 19.2 Å². The van der Waals surface area contributed by atoms with Crippen LogP contribution in [0.1, 0.15) is 17.2 Å². The van der Waals surface area contributed by atoms with Gasteiger partial charge >= 0.3 is 0 Å². The molecule has 2 aromatic carbocycles. The molecule has 3 rings (SSSR count). The average Bonchev–Trinajstić information content (AvgIpc) is 2.91. The Balaban J connectivity index is 2.14. The second-order valence-electron chi connectivity index (χ2n) is 5.90. The summed E-state index contributed by atoms with van der Waals surface area (Å²) in [5.74, 6) is -2.24. The number of amides is 1. The number of rotatable bonds is 5. The number of ketones is 1. The molecule has 0 bridgehead atoms. The number of aliphatic hydroxyl groups is 1. The van der Waals surface area contributed by atoms with Crippen molar-refractivity contribution in [2.24, 2.45) is 0 Å². The van der Waals surface area contributed by atoms with Crippen molar-refractivity contribution < 1.29 is 23.8 Å². The van der Waals surface area contributed by atoms with E-state index in [1.54, 1.807) is 24.3 Å². The van der Waals surface area contributed by atoms with E-state index in [0.717, 1.165) is 0 Å². The van der Waals surface area contributed by atoms with Gasteiger partial charge in [-0.15, -0.1) is 0 Å². The molecular formula is C20H18FNO4. The molecule has 0 aromatic heterocycles. The van der Waals surface area contributed by atoms with Crippen LogP contribution in [-0.4, -0.2) is 42.0 Å². The minimum absolute atomic E-state index is 0.0103. The first-order valence-electron chi connectivity index (χ1n) is 8.13. The Bertz CT molecular complexity index is 846. The molecule has 5 nitrogen and oxygen atoms in total. The van der Waals surface area contributed by atoms with Gasteiger partial charge in [-0.3, -0.25) is 9.59 Å². The number of carbonyl (C=O) groups is 2. The maximum atomic E-state index is 13.2. The minimum Gasteiger partial charge on any atom is -0.507 e. The predicted octanol–water partition coefficient (Wildman–Crippen LogP) is 2.89. The number of Topliss-reactive ketones (excluding diaryl/α,β-unsaturated/α-hetero) is 1. The van der Waals surface area contributed by atoms with Crippen LogP contribution in [0.25, 0.3) is 5.76 Å². The number of aliphatic hydroxyl groups excluding tert-OH is 1. The summed E-state index contributed by atoms with van der Waals surface area (Å²) in [6.07, 6.45) is 0. The monoisotopic (exact) mass is 355 g/mol. The molecule has 6 heteroatoms. The number of likely N-dealkylation sites (tertiary alicyclic amines) is 1. The highest BCUT2D eigenvalue weighted by Gasteiger charge is 2.45. The highest BCUT2D eigenvalue weighted by atomic mass is 19.1. The highest BCUT2D eigenvalue weighted by Crippen LogP contribution is 2.39. The zero-order valence-corrected chi connectivity index (χ0v) is 14.2. The lowest BCUT2D eigenvalue weighted by Crippen LogP contribution is -2.32. The zero-order valence-electron chi connectivity index (χ0n) is 14.2. The van der Waals surface area contributed by atoms with Gasteiger partial charge in [-0.2, -0.15) is 0 Å². The van der Waals surface area contributed by atoms with Crippen molar-refractivity contribution in [1.82, 2.24) is 4.90 Å². The topological polar surface area (TPSA) is 66.8 Å². The molecule has 1 amide bonds.